The van der Waals surface area contributed by atoms with E-state index in [-0.39, 0.29) is 11.1 Å². The van der Waals surface area contributed by atoms with Gasteiger partial charge in [0.1, 0.15) is 5.60 Å². The van der Waals surface area contributed by atoms with E-state index in [2.05, 4.69) is 14.5 Å². The Morgan fingerprint density at radius 1 is 1.03 bits per heavy atom. The molecule has 3 aromatic rings. The lowest BCUT2D eigenvalue weighted by Crippen LogP contribution is -2.29. The lowest BCUT2D eigenvalue weighted by molar-refractivity contribution is -0.0499. The molecule has 11 heteroatoms. The summed E-state index contributed by atoms with van der Waals surface area (Å²) in [7, 11) is -5.98. The molecule has 0 fully saturated rings. The zero-order chi connectivity index (χ0) is 23.7. The van der Waals surface area contributed by atoms with Crippen LogP contribution in [0.5, 0.6) is 5.75 Å². The molecule has 0 unspecified atom stereocenters. The van der Waals surface area contributed by atoms with E-state index in [1.165, 1.54) is 6.07 Å². The Labute approximate surface area is 182 Å². The number of rotatable bonds is 4. The van der Waals surface area contributed by atoms with E-state index in [1.807, 2.05) is 0 Å². The second kappa shape index (κ2) is 8.30. The van der Waals surface area contributed by atoms with Crippen molar-refractivity contribution in [1.29, 1.82) is 0 Å². The molecule has 0 atom stereocenters. The summed E-state index contributed by atoms with van der Waals surface area (Å²) in [6.07, 6.45) is 0.567. The zero-order valence-corrected chi connectivity index (χ0v) is 18.0. The van der Waals surface area contributed by atoms with Gasteiger partial charge in [0.05, 0.1) is 11.4 Å². The van der Waals surface area contributed by atoms with E-state index in [9.17, 15) is 26.4 Å². The molecule has 0 saturated carbocycles. The summed E-state index contributed by atoms with van der Waals surface area (Å²) in [4.78, 5) is 16.6. The highest BCUT2D eigenvalue weighted by atomic mass is 32.2. The average molecular weight is 468 g/mol. The van der Waals surface area contributed by atoms with Crippen molar-refractivity contribution in [1.82, 2.24) is 4.98 Å². The second-order valence-electron chi connectivity index (χ2n) is 7.70. The van der Waals surface area contributed by atoms with Gasteiger partial charge in [0.25, 0.3) is 0 Å². The molecule has 1 aromatic heterocycles. The fourth-order valence-electron chi connectivity index (χ4n) is 2.76. The first-order chi connectivity index (χ1) is 14.8. The minimum absolute atomic E-state index is 0.230. The Bertz CT molecular complexity index is 1250. The zero-order valence-electron chi connectivity index (χ0n) is 17.2. The van der Waals surface area contributed by atoms with Crippen molar-refractivity contribution in [2.45, 2.75) is 31.9 Å². The Morgan fingerprint density at radius 2 is 1.72 bits per heavy atom. The van der Waals surface area contributed by atoms with E-state index in [0.717, 1.165) is 6.07 Å². The number of halogens is 3. The number of benzene rings is 2. The molecule has 0 spiro atoms. The van der Waals surface area contributed by atoms with Crippen molar-refractivity contribution in [2.24, 2.45) is 0 Å². The van der Waals surface area contributed by atoms with Crippen LogP contribution in [-0.4, -0.2) is 30.6 Å². The number of aromatic nitrogens is 1. The summed E-state index contributed by atoms with van der Waals surface area (Å²) >= 11 is 0. The van der Waals surface area contributed by atoms with Crippen LogP contribution in [0.1, 0.15) is 20.8 Å². The highest BCUT2D eigenvalue weighted by Crippen LogP contribution is 2.38. The molecule has 0 aliphatic rings. The number of fused-ring (bicyclic) bond motifs is 1. The second-order valence-corrected chi connectivity index (χ2v) is 9.24. The van der Waals surface area contributed by atoms with E-state index >= 15 is 0 Å². The maximum Gasteiger partial charge on any atom is 0.534 e. The van der Waals surface area contributed by atoms with E-state index < -0.39 is 33.1 Å². The third-order valence-electron chi connectivity index (χ3n) is 4.05. The van der Waals surface area contributed by atoms with Crippen molar-refractivity contribution in [3.63, 3.8) is 0 Å². The van der Waals surface area contributed by atoms with Crippen LogP contribution in [0.3, 0.4) is 0 Å². The fourth-order valence-corrected chi connectivity index (χ4v) is 3.23. The van der Waals surface area contributed by atoms with Gasteiger partial charge in [-0.15, -0.1) is 0 Å². The molecule has 0 bridgehead atoms. The summed E-state index contributed by atoms with van der Waals surface area (Å²) in [6, 6.07) is 12.5. The predicted octanol–water partition coefficient (Wildman–Crippen LogP) is 5.48. The molecule has 1 amide bonds. The number of nitrogens with one attached hydrogen (secondary N) is 1. The number of carbonyl (C=O) groups is 1. The van der Waals surface area contributed by atoms with Gasteiger partial charge in [-0.1, -0.05) is 24.3 Å². The van der Waals surface area contributed by atoms with Crippen LogP contribution < -0.4 is 9.50 Å². The number of carbonyl (C=O) groups excluding carboxylic acids is 1. The number of hydrogen-bond donors (Lipinski definition) is 1. The van der Waals surface area contributed by atoms with Crippen LogP contribution in [0.4, 0.5) is 23.7 Å². The van der Waals surface area contributed by atoms with Crippen LogP contribution in [0.15, 0.2) is 54.7 Å². The van der Waals surface area contributed by atoms with Gasteiger partial charge in [-0.3, -0.25) is 10.3 Å². The molecular weight excluding hydrogens is 449 g/mol. The topological polar surface area (TPSA) is 94.6 Å². The fraction of sp³-hybridized carbons (Fsp3) is 0.238. The molecule has 0 saturated heterocycles. The van der Waals surface area contributed by atoms with Gasteiger partial charge in [0.2, 0.25) is 0 Å². The number of ether oxygens (including phenoxy) is 1. The van der Waals surface area contributed by atoms with Crippen LogP contribution in [0.2, 0.25) is 0 Å². The normalized spacial score (nSPS) is 12.4. The van der Waals surface area contributed by atoms with Crippen molar-refractivity contribution in [2.75, 3.05) is 5.32 Å². The number of alkyl halides is 3. The number of pyridine rings is 1. The van der Waals surface area contributed by atoms with Crippen molar-refractivity contribution >= 4 is 32.7 Å². The molecule has 0 aliphatic carbocycles. The van der Waals surface area contributed by atoms with Crippen molar-refractivity contribution in [3.8, 4) is 17.0 Å². The molecular formula is C21H19F3N2O5S. The van der Waals surface area contributed by atoms with Gasteiger partial charge in [-0.05, 0) is 50.4 Å². The lowest BCUT2D eigenvalue weighted by Gasteiger charge is -2.21. The minimum atomic E-state index is -5.98. The number of nitrogens with zero attached hydrogens (tertiary/aromatic N) is 1. The molecule has 2 aromatic carbocycles. The smallest absolute Gasteiger partial charge is 0.444 e. The van der Waals surface area contributed by atoms with Crippen molar-refractivity contribution in [3.05, 3.63) is 54.7 Å². The SMILES string of the molecule is CC(C)(C)OC(=O)Nc1c(OS(=O)(=O)C(F)(F)F)ccc2ccc(-c3ccccn3)cc12. The summed E-state index contributed by atoms with van der Waals surface area (Å²) in [5.74, 6) is -0.709. The Balaban J connectivity index is 2.17. The molecule has 170 valence electrons. The number of hydrogen-bond acceptors (Lipinski definition) is 6. The summed E-state index contributed by atoms with van der Waals surface area (Å²) in [5.41, 5.74) is -5.70. The van der Waals surface area contributed by atoms with Crippen LogP contribution in [-0.2, 0) is 14.9 Å². The molecule has 32 heavy (non-hydrogen) atoms. The van der Waals surface area contributed by atoms with Crippen LogP contribution >= 0.6 is 0 Å². The highest BCUT2D eigenvalue weighted by molar-refractivity contribution is 7.88. The maximum atomic E-state index is 12.9. The molecule has 1 N–H and O–H groups in total. The first-order valence-corrected chi connectivity index (χ1v) is 10.7. The Morgan fingerprint density at radius 3 is 2.31 bits per heavy atom. The maximum absolute atomic E-state index is 12.9. The molecule has 0 aliphatic heterocycles. The van der Waals surface area contributed by atoms with Gasteiger partial charge in [-0.2, -0.15) is 21.6 Å². The Kier molecular flexibility index (Phi) is 6.05. The van der Waals surface area contributed by atoms with Gasteiger partial charge < -0.3 is 8.92 Å². The standard InChI is InChI=1S/C21H19F3N2O5S/c1-20(2,3)30-19(27)26-18-15-12-14(16-6-4-5-11-25-16)8-7-13(15)9-10-17(18)31-32(28,29)21(22,23)24/h4-12H,1-3H3,(H,26,27). The number of anilines is 1. The average Bonchev–Trinajstić information content (AvgIpc) is 2.67. The molecule has 1 heterocycles. The molecule has 3 rings (SSSR count). The van der Waals surface area contributed by atoms with E-state index in [0.29, 0.717) is 16.6 Å². The van der Waals surface area contributed by atoms with Gasteiger partial charge >= 0.3 is 21.7 Å². The van der Waals surface area contributed by atoms with Crippen LogP contribution in [0, 0.1) is 0 Å². The summed E-state index contributed by atoms with van der Waals surface area (Å²) < 4.78 is 71.4. The largest absolute Gasteiger partial charge is 0.534 e. The van der Waals surface area contributed by atoms with Gasteiger partial charge in [0.15, 0.2) is 5.75 Å². The monoisotopic (exact) mass is 468 g/mol. The Hall–Kier alpha value is -3.34. The summed E-state index contributed by atoms with van der Waals surface area (Å²) in [6.45, 7) is 4.79. The van der Waals surface area contributed by atoms with Gasteiger partial charge in [-0.25, -0.2) is 4.79 Å². The van der Waals surface area contributed by atoms with E-state index in [4.69, 9.17) is 4.74 Å². The highest BCUT2D eigenvalue weighted by Gasteiger charge is 2.49. The van der Waals surface area contributed by atoms with E-state index in [1.54, 1.807) is 63.4 Å². The third-order valence-corrected chi connectivity index (χ3v) is 5.02. The quantitative estimate of drug-likeness (QED) is 0.403. The predicted molar refractivity (Wildman–Crippen MR) is 113 cm³/mol. The van der Waals surface area contributed by atoms with Crippen molar-refractivity contribution < 1.29 is 35.3 Å². The van der Waals surface area contributed by atoms with Crippen LogP contribution in [0.25, 0.3) is 22.0 Å². The molecule has 0 radical (unpaired) electrons. The first kappa shape index (κ1) is 23.3. The van der Waals surface area contributed by atoms with Gasteiger partial charge in [0, 0.05) is 17.1 Å². The lowest BCUT2D eigenvalue weighted by atomic mass is 10.0. The summed E-state index contributed by atoms with van der Waals surface area (Å²) in [5, 5.41) is 3.06. The molecule has 7 nitrogen and oxygen atoms in total. The number of amides is 1. The first-order valence-electron chi connectivity index (χ1n) is 9.26. The minimum Gasteiger partial charge on any atom is -0.444 e. The third kappa shape index (κ3) is 5.28.